The molecule has 0 aliphatic carbocycles. The highest BCUT2D eigenvalue weighted by molar-refractivity contribution is 6.16. The zero-order chi connectivity index (χ0) is 15.6. The summed E-state index contributed by atoms with van der Waals surface area (Å²) >= 11 is 6.08. The van der Waals surface area contributed by atoms with E-state index in [4.69, 9.17) is 11.6 Å². The van der Waals surface area contributed by atoms with Crippen molar-refractivity contribution in [2.75, 3.05) is 0 Å². The normalized spacial score (nSPS) is 11.8. The van der Waals surface area contributed by atoms with E-state index in [0.717, 1.165) is 23.4 Å². The van der Waals surface area contributed by atoms with Gasteiger partial charge in [0.25, 0.3) is 0 Å². The molecule has 3 nitrogen and oxygen atoms in total. The number of halogens is 1. The van der Waals surface area contributed by atoms with E-state index in [0.29, 0.717) is 29.2 Å². The fourth-order valence-corrected chi connectivity index (χ4v) is 3.20. The Morgan fingerprint density at radius 2 is 1.90 bits per heavy atom. The lowest BCUT2D eigenvalue weighted by molar-refractivity contribution is 0.252. The minimum atomic E-state index is 0.364. The Bertz CT molecular complexity index is 656. The molecule has 21 heavy (non-hydrogen) atoms. The number of hydrogen-bond acceptors (Lipinski definition) is 2. The van der Waals surface area contributed by atoms with E-state index in [-0.39, 0.29) is 0 Å². The van der Waals surface area contributed by atoms with Crippen molar-refractivity contribution in [2.45, 2.75) is 40.1 Å². The molecule has 4 heteroatoms. The van der Waals surface area contributed by atoms with Gasteiger partial charge in [-0.05, 0) is 29.9 Å². The van der Waals surface area contributed by atoms with Crippen LogP contribution in [0, 0.1) is 29.1 Å². The molecule has 0 spiro atoms. The predicted octanol–water partition coefficient (Wildman–Crippen LogP) is 4.57. The Labute approximate surface area is 131 Å². The van der Waals surface area contributed by atoms with Gasteiger partial charge in [-0.25, -0.2) is 4.98 Å². The van der Waals surface area contributed by atoms with Crippen LogP contribution in [-0.4, -0.2) is 9.55 Å². The number of benzene rings is 1. The first-order valence-corrected chi connectivity index (χ1v) is 7.97. The lowest BCUT2D eigenvalue weighted by Crippen LogP contribution is -2.22. The first-order valence-electron chi connectivity index (χ1n) is 7.43. The van der Waals surface area contributed by atoms with Gasteiger partial charge in [-0.1, -0.05) is 33.8 Å². The van der Waals surface area contributed by atoms with Gasteiger partial charge in [-0.2, -0.15) is 5.26 Å². The first kappa shape index (κ1) is 15.9. The highest BCUT2D eigenvalue weighted by Gasteiger charge is 2.21. The first-order chi connectivity index (χ1) is 9.99. The largest absolute Gasteiger partial charge is 0.327 e. The molecular weight excluding hydrogens is 282 g/mol. The van der Waals surface area contributed by atoms with Crippen LogP contribution in [0.3, 0.4) is 0 Å². The molecular formula is C17H22ClN3. The molecule has 0 aliphatic rings. The van der Waals surface area contributed by atoms with E-state index < -0.39 is 0 Å². The molecule has 0 atom stereocenters. The van der Waals surface area contributed by atoms with Crippen molar-refractivity contribution in [1.82, 2.24) is 9.55 Å². The lowest BCUT2D eigenvalue weighted by Gasteiger charge is -2.26. The third-order valence-electron chi connectivity index (χ3n) is 4.20. The third-order valence-corrected chi connectivity index (χ3v) is 4.44. The van der Waals surface area contributed by atoms with Crippen molar-refractivity contribution in [1.29, 1.82) is 5.26 Å². The van der Waals surface area contributed by atoms with Crippen LogP contribution in [0.5, 0.6) is 0 Å². The number of para-hydroxylation sites is 1. The molecule has 0 bridgehead atoms. The molecule has 2 aromatic rings. The van der Waals surface area contributed by atoms with Gasteiger partial charge < -0.3 is 4.57 Å². The highest BCUT2D eigenvalue weighted by atomic mass is 35.5. The fraction of sp³-hybridized carbons (Fsp3) is 0.529. The number of nitrogens with zero attached hydrogens (tertiary/aromatic N) is 3. The summed E-state index contributed by atoms with van der Waals surface area (Å²) in [5.41, 5.74) is 2.39. The molecule has 0 fully saturated rings. The van der Waals surface area contributed by atoms with Gasteiger partial charge in [-0.3, -0.25) is 0 Å². The number of aromatic nitrogens is 2. The number of alkyl halides is 1. The molecule has 2 rings (SSSR count). The molecule has 1 aromatic heterocycles. The summed E-state index contributed by atoms with van der Waals surface area (Å²) in [6.07, 6.45) is 0. The van der Waals surface area contributed by atoms with Crippen molar-refractivity contribution in [2.24, 2.45) is 17.8 Å². The van der Waals surface area contributed by atoms with Crippen molar-refractivity contribution in [3.05, 3.63) is 29.6 Å². The fourth-order valence-electron chi connectivity index (χ4n) is 2.99. The van der Waals surface area contributed by atoms with Gasteiger partial charge in [-0.15, -0.1) is 11.6 Å². The molecule has 0 saturated carbocycles. The van der Waals surface area contributed by atoms with Crippen molar-refractivity contribution in [3.8, 4) is 6.07 Å². The molecule has 112 valence electrons. The van der Waals surface area contributed by atoms with E-state index >= 15 is 0 Å². The van der Waals surface area contributed by atoms with Crippen LogP contribution in [0.4, 0.5) is 0 Å². The zero-order valence-electron chi connectivity index (χ0n) is 13.1. The lowest BCUT2D eigenvalue weighted by atomic mass is 9.85. The average molecular weight is 304 g/mol. The average Bonchev–Trinajstić information content (AvgIpc) is 2.81. The topological polar surface area (TPSA) is 41.6 Å². The second-order valence-electron chi connectivity index (χ2n) is 6.21. The predicted molar refractivity (Wildman–Crippen MR) is 87.2 cm³/mol. The Morgan fingerprint density at radius 3 is 2.43 bits per heavy atom. The standard InChI is InChI=1S/C17H22ClN3/c1-11(2)14(12(3)4)10-21-15-7-5-6-13(9-19)17(15)20-16(21)8-18/h5-7,11-12,14H,8,10H2,1-4H3. The second-order valence-corrected chi connectivity index (χ2v) is 6.48. The summed E-state index contributed by atoms with van der Waals surface area (Å²) in [4.78, 5) is 4.58. The van der Waals surface area contributed by atoms with Gasteiger partial charge in [0.05, 0.1) is 17.0 Å². The van der Waals surface area contributed by atoms with Crippen LogP contribution >= 0.6 is 11.6 Å². The van der Waals surface area contributed by atoms with E-state index in [2.05, 4.69) is 43.3 Å². The van der Waals surface area contributed by atoms with Gasteiger partial charge >= 0.3 is 0 Å². The zero-order valence-corrected chi connectivity index (χ0v) is 13.9. The van der Waals surface area contributed by atoms with E-state index in [1.807, 2.05) is 12.1 Å². The maximum absolute atomic E-state index is 9.23. The smallest absolute Gasteiger partial charge is 0.124 e. The molecule has 1 aromatic carbocycles. The van der Waals surface area contributed by atoms with Crippen LogP contribution in [0.1, 0.15) is 39.1 Å². The van der Waals surface area contributed by atoms with E-state index in [1.54, 1.807) is 6.07 Å². The molecule has 0 radical (unpaired) electrons. The second kappa shape index (κ2) is 6.49. The summed E-state index contributed by atoms with van der Waals surface area (Å²) in [6.45, 7) is 9.91. The monoisotopic (exact) mass is 303 g/mol. The molecule has 1 heterocycles. The maximum Gasteiger partial charge on any atom is 0.124 e. The summed E-state index contributed by atoms with van der Waals surface area (Å²) in [5.74, 6) is 2.94. The summed E-state index contributed by atoms with van der Waals surface area (Å²) in [6, 6.07) is 7.96. The Hall–Kier alpha value is -1.53. The number of rotatable bonds is 5. The van der Waals surface area contributed by atoms with Gasteiger partial charge in [0, 0.05) is 6.54 Å². The molecule has 0 unspecified atom stereocenters. The Kier molecular flexibility index (Phi) is 4.90. The highest BCUT2D eigenvalue weighted by Crippen LogP contribution is 2.27. The van der Waals surface area contributed by atoms with Crippen molar-refractivity contribution < 1.29 is 0 Å². The van der Waals surface area contributed by atoms with Crippen LogP contribution in [0.2, 0.25) is 0 Å². The van der Waals surface area contributed by atoms with Crippen molar-refractivity contribution >= 4 is 22.6 Å². The van der Waals surface area contributed by atoms with Gasteiger partial charge in [0.15, 0.2) is 0 Å². The van der Waals surface area contributed by atoms with Gasteiger partial charge in [0.2, 0.25) is 0 Å². The van der Waals surface area contributed by atoms with Crippen LogP contribution in [0.15, 0.2) is 18.2 Å². The molecule has 0 aliphatic heterocycles. The summed E-state index contributed by atoms with van der Waals surface area (Å²) in [7, 11) is 0. The minimum Gasteiger partial charge on any atom is -0.327 e. The van der Waals surface area contributed by atoms with Crippen LogP contribution < -0.4 is 0 Å². The number of fused-ring (bicyclic) bond motifs is 1. The maximum atomic E-state index is 9.23. The number of hydrogen-bond donors (Lipinski definition) is 0. The number of imidazole rings is 1. The molecule has 0 amide bonds. The quantitative estimate of drug-likeness (QED) is 0.759. The van der Waals surface area contributed by atoms with E-state index in [9.17, 15) is 5.26 Å². The third kappa shape index (κ3) is 3.06. The number of nitriles is 1. The van der Waals surface area contributed by atoms with Gasteiger partial charge in [0.1, 0.15) is 17.4 Å². The Balaban J connectivity index is 2.55. The molecule has 0 saturated heterocycles. The minimum absolute atomic E-state index is 0.364. The van der Waals surface area contributed by atoms with E-state index in [1.165, 1.54) is 0 Å². The van der Waals surface area contributed by atoms with Crippen LogP contribution in [0.25, 0.3) is 11.0 Å². The SMILES string of the molecule is CC(C)C(Cn1c(CCl)nc2c(C#N)cccc21)C(C)C. The summed E-state index contributed by atoms with van der Waals surface area (Å²) < 4.78 is 2.19. The van der Waals surface area contributed by atoms with Crippen molar-refractivity contribution in [3.63, 3.8) is 0 Å². The summed E-state index contributed by atoms with van der Waals surface area (Å²) in [5, 5.41) is 9.23. The Morgan fingerprint density at radius 1 is 1.24 bits per heavy atom. The molecule has 0 N–H and O–H groups in total. The van der Waals surface area contributed by atoms with Crippen LogP contribution in [-0.2, 0) is 12.4 Å².